The highest BCUT2D eigenvalue weighted by Crippen LogP contribution is 2.28. The van der Waals surface area contributed by atoms with Gasteiger partial charge in [-0.25, -0.2) is 9.78 Å². The quantitative estimate of drug-likeness (QED) is 0.738. The molecule has 4 rings (SSSR count). The third-order valence-corrected chi connectivity index (χ3v) is 4.90. The Balaban J connectivity index is 1.40. The molecule has 1 saturated heterocycles. The Kier molecular flexibility index (Phi) is 4.28. The molecule has 1 aliphatic heterocycles. The summed E-state index contributed by atoms with van der Waals surface area (Å²) in [6.07, 6.45) is 3.62. The average molecular weight is 339 g/mol. The number of hydrogen-bond acceptors (Lipinski definition) is 5. The summed E-state index contributed by atoms with van der Waals surface area (Å²) in [5.74, 6) is 1.85. The van der Waals surface area contributed by atoms with E-state index in [2.05, 4.69) is 16.0 Å². The zero-order valence-corrected chi connectivity index (χ0v) is 14.2. The summed E-state index contributed by atoms with van der Waals surface area (Å²) in [6, 6.07) is 9.80. The maximum atomic E-state index is 11.7. The van der Waals surface area contributed by atoms with E-state index in [-0.39, 0.29) is 5.97 Å². The Morgan fingerprint density at radius 2 is 2.12 bits per heavy atom. The van der Waals surface area contributed by atoms with Crippen molar-refractivity contribution in [2.75, 3.05) is 20.2 Å². The van der Waals surface area contributed by atoms with Crippen LogP contribution in [0.1, 0.15) is 40.7 Å². The number of furan rings is 1. The predicted molar refractivity (Wildman–Crippen MR) is 93.4 cm³/mol. The van der Waals surface area contributed by atoms with E-state index in [4.69, 9.17) is 14.1 Å². The number of rotatable bonds is 4. The van der Waals surface area contributed by atoms with Crippen LogP contribution in [0.2, 0.25) is 0 Å². The first-order chi connectivity index (χ1) is 12.2. The highest BCUT2D eigenvalue weighted by Gasteiger charge is 2.25. The van der Waals surface area contributed by atoms with E-state index in [0.717, 1.165) is 42.8 Å². The molecule has 0 spiro atoms. The minimum Gasteiger partial charge on any atom is -0.467 e. The van der Waals surface area contributed by atoms with Gasteiger partial charge in [0.05, 0.1) is 31.0 Å². The van der Waals surface area contributed by atoms with Crippen LogP contribution in [0.15, 0.2) is 41.0 Å². The van der Waals surface area contributed by atoms with E-state index in [1.165, 1.54) is 7.11 Å². The summed E-state index contributed by atoms with van der Waals surface area (Å²) < 4.78 is 10.3. The van der Waals surface area contributed by atoms with Gasteiger partial charge in [-0.2, -0.15) is 0 Å². The van der Waals surface area contributed by atoms with E-state index < -0.39 is 0 Å². The third kappa shape index (κ3) is 3.17. The van der Waals surface area contributed by atoms with E-state index in [1.54, 1.807) is 12.3 Å². The van der Waals surface area contributed by atoms with Crippen molar-refractivity contribution in [1.29, 1.82) is 0 Å². The number of hydrogen-bond donors (Lipinski definition) is 1. The summed E-state index contributed by atoms with van der Waals surface area (Å²) in [5, 5.41) is 0. The molecule has 6 nitrogen and oxygen atoms in total. The van der Waals surface area contributed by atoms with E-state index in [9.17, 15) is 4.79 Å². The van der Waals surface area contributed by atoms with Crippen LogP contribution >= 0.6 is 0 Å². The average Bonchev–Trinajstić information content (AvgIpc) is 3.28. The number of nitrogens with one attached hydrogen (secondary N) is 1. The van der Waals surface area contributed by atoms with Gasteiger partial charge < -0.3 is 14.1 Å². The maximum Gasteiger partial charge on any atom is 0.341 e. The molecule has 1 fully saturated rings. The molecular formula is C19H21N3O3. The van der Waals surface area contributed by atoms with Crippen LogP contribution in [0.5, 0.6) is 0 Å². The number of fused-ring (bicyclic) bond motifs is 1. The zero-order valence-electron chi connectivity index (χ0n) is 14.2. The maximum absolute atomic E-state index is 11.7. The number of carbonyl (C=O) groups is 1. The number of esters is 1. The zero-order chi connectivity index (χ0) is 17.2. The molecule has 1 aromatic carbocycles. The van der Waals surface area contributed by atoms with Crippen molar-refractivity contribution in [2.24, 2.45) is 0 Å². The number of likely N-dealkylation sites (tertiary alicyclic amines) is 1. The van der Waals surface area contributed by atoms with Crippen molar-refractivity contribution < 1.29 is 13.9 Å². The van der Waals surface area contributed by atoms with Crippen molar-refractivity contribution in [1.82, 2.24) is 14.9 Å². The lowest BCUT2D eigenvalue weighted by molar-refractivity contribution is 0.0595. The van der Waals surface area contributed by atoms with Crippen molar-refractivity contribution in [3.63, 3.8) is 0 Å². The normalized spacial score (nSPS) is 16.4. The number of H-pyrrole nitrogens is 1. The van der Waals surface area contributed by atoms with Gasteiger partial charge in [0.1, 0.15) is 17.1 Å². The van der Waals surface area contributed by atoms with Crippen molar-refractivity contribution in [3.05, 3.63) is 53.7 Å². The Labute approximate surface area is 145 Å². The van der Waals surface area contributed by atoms with Crippen LogP contribution in [0.3, 0.4) is 0 Å². The molecule has 3 heterocycles. The molecule has 0 saturated carbocycles. The molecule has 2 aromatic heterocycles. The van der Waals surface area contributed by atoms with E-state index >= 15 is 0 Å². The fourth-order valence-corrected chi connectivity index (χ4v) is 3.49. The minimum absolute atomic E-state index is 0.346. The van der Waals surface area contributed by atoms with Gasteiger partial charge >= 0.3 is 5.97 Å². The standard InChI is InChI=1S/C19H21N3O3/c1-24-19(23)14-8-11-25-17(14)12-22-9-6-13(7-10-22)18-20-15-4-2-3-5-16(15)21-18/h2-5,8,11,13H,6-7,9-10,12H2,1H3,(H,20,21). The Bertz CT molecular complexity index is 842. The fraction of sp³-hybridized carbons (Fsp3) is 0.368. The number of aromatic amines is 1. The van der Waals surface area contributed by atoms with Crippen LogP contribution in [0.4, 0.5) is 0 Å². The number of carbonyl (C=O) groups excluding carboxylic acids is 1. The monoisotopic (exact) mass is 339 g/mol. The number of piperidine rings is 1. The second kappa shape index (κ2) is 6.72. The van der Waals surface area contributed by atoms with Crippen molar-refractivity contribution in [2.45, 2.75) is 25.3 Å². The molecule has 25 heavy (non-hydrogen) atoms. The number of nitrogens with zero attached hydrogens (tertiary/aromatic N) is 2. The first-order valence-electron chi connectivity index (χ1n) is 8.56. The van der Waals surface area contributed by atoms with Crippen LogP contribution in [0, 0.1) is 0 Å². The largest absolute Gasteiger partial charge is 0.467 e. The molecule has 6 heteroatoms. The first kappa shape index (κ1) is 15.9. The minimum atomic E-state index is -0.346. The third-order valence-electron chi connectivity index (χ3n) is 4.90. The second-order valence-electron chi connectivity index (χ2n) is 6.44. The van der Waals surface area contributed by atoms with Gasteiger partial charge in [0, 0.05) is 5.92 Å². The van der Waals surface area contributed by atoms with Gasteiger partial charge in [-0.1, -0.05) is 12.1 Å². The van der Waals surface area contributed by atoms with Gasteiger partial charge in [-0.05, 0) is 44.1 Å². The Morgan fingerprint density at radius 1 is 1.32 bits per heavy atom. The lowest BCUT2D eigenvalue weighted by atomic mass is 9.96. The topological polar surface area (TPSA) is 71.4 Å². The molecule has 130 valence electrons. The molecule has 0 aliphatic carbocycles. The summed E-state index contributed by atoms with van der Waals surface area (Å²) >= 11 is 0. The smallest absolute Gasteiger partial charge is 0.341 e. The number of aromatic nitrogens is 2. The Hall–Kier alpha value is -2.60. The van der Waals surface area contributed by atoms with Crippen LogP contribution < -0.4 is 0 Å². The van der Waals surface area contributed by atoms with Crippen molar-refractivity contribution >= 4 is 17.0 Å². The van der Waals surface area contributed by atoms with Gasteiger partial charge in [0.15, 0.2) is 0 Å². The first-order valence-corrected chi connectivity index (χ1v) is 8.56. The van der Waals surface area contributed by atoms with E-state index in [0.29, 0.717) is 23.8 Å². The summed E-state index contributed by atoms with van der Waals surface area (Å²) in [5.41, 5.74) is 2.64. The predicted octanol–water partition coefficient (Wildman–Crippen LogP) is 3.32. The molecule has 0 unspecified atom stereocenters. The fourth-order valence-electron chi connectivity index (χ4n) is 3.49. The van der Waals surface area contributed by atoms with E-state index in [1.807, 2.05) is 18.2 Å². The molecule has 0 bridgehead atoms. The molecule has 3 aromatic rings. The number of benzene rings is 1. The molecule has 1 N–H and O–H groups in total. The number of methoxy groups -OCH3 is 1. The van der Waals surface area contributed by atoms with Crippen molar-refractivity contribution in [3.8, 4) is 0 Å². The molecule has 0 amide bonds. The summed E-state index contributed by atoms with van der Waals surface area (Å²) in [6.45, 7) is 2.52. The van der Waals surface area contributed by atoms with Crippen LogP contribution in [-0.2, 0) is 11.3 Å². The molecule has 0 atom stereocenters. The second-order valence-corrected chi connectivity index (χ2v) is 6.44. The van der Waals surface area contributed by atoms with Gasteiger partial charge in [0.2, 0.25) is 0 Å². The number of para-hydroxylation sites is 2. The van der Waals surface area contributed by atoms with Gasteiger partial charge in [-0.15, -0.1) is 0 Å². The molecule has 0 radical (unpaired) electrons. The molecule has 1 aliphatic rings. The van der Waals surface area contributed by atoms with Crippen LogP contribution in [-0.4, -0.2) is 41.0 Å². The highest BCUT2D eigenvalue weighted by molar-refractivity contribution is 5.90. The summed E-state index contributed by atoms with van der Waals surface area (Å²) in [7, 11) is 1.39. The van der Waals surface area contributed by atoms with Gasteiger partial charge in [-0.3, -0.25) is 4.90 Å². The Morgan fingerprint density at radius 3 is 2.88 bits per heavy atom. The number of ether oxygens (including phenoxy) is 1. The SMILES string of the molecule is COC(=O)c1ccoc1CN1CCC(c2nc3ccccc3[nH]2)CC1. The summed E-state index contributed by atoms with van der Waals surface area (Å²) in [4.78, 5) is 22.2. The lowest BCUT2D eigenvalue weighted by Gasteiger charge is -2.30. The lowest BCUT2D eigenvalue weighted by Crippen LogP contribution is -2.33. The molecular weight excluding hydrogens is 318 g/mol. The van der Waals surface area contributed by atoms with Gasteiger partial charge in [0.25, 0.3) is 0 Å². The van der Waals surface area contributed by atoms with Crippen LogP contribution in [0.25, 0.3) is 11.0 Å². The number of imidazole rings is 1. The highest BCUT2D eigenvalue weighted by atomic mass is 16.5.